The Hall–Kier alpha value is -2.17. The van der Waals surface area contributed by atoms with Gasteiger partial charge in [-0.3, -0.25) is 9.69 Å². The third-order valence-corrected chi connectivity index (χ3v) is 4.35. The number of carbonyl (C=O) groups excluding carboxylic acids is 1. The number of carbonyl (C=O) groups is 1. The van der Waals surface area contributed by atoms with E-state index in [1.54, 1.807) is 0 Å². The van der Waals surface area contributed by atoms with Crippen LogP contribution in [0.25, 0.3) is 0 Å². The van der Waals surface area contributed by atoms with Crippen LogP contribution in [-0.4, -0.2) is 37.1 Å². The second-order valence-corrected chi connectivity index (χ2v) is 6.19. The number of hydrogen-bond donors (Lipinski definition) is 1. The van der Waals surface area contributed by atoms with Crippen molar-refractivity contribution in [1.29, 1.82) is 0 Å². The van der Waals surface area contributed by atoms with Gasteiger partial charge in [-0.2, -0.15) is 0 Å². The van der Waals surface area contributed by atoms with Crippen LogP contribution in [0.5, 0.6) is 0 Å². The molecule has 4 heteroatoms. The van der Waals surface area contributed by atoms with Crippen molar-refractivity contribution in [1.82, 2.24) is 10.2 Å². The van der Waals surface area contributed by atoms with Crippen molar-refractivity contribution in [2.75, 3.05) is 26.3 Å². The van der Waals surface area contributed by atoms with Crippen LogP contribution in [0, 0.1) is 0 Å². The molecule has 0 saturated carbocycles. The van der Waals surface area contributed by atoms with Crippen LogP contribution < -0.4 is 5.32 Å². The van der Waals surface area contributed by atoms with Crippen molar-refractivity contribution in [2.24, 2.45) is 0 Å². The van der Waals surface area contributed by atoms with Crippen molar-refractivity contribution in [3.05, 3.63) is 71.3 Å². The molecule has 0 spiro atoms. The van der Waals surface area contributed by atoms with E-state index in [9.17, 15) is 4.79 Å². The van der Waals surface area contributed by atoms with Crippen molar-refractivity contribution in [2.45, 2.75) is 19.5 Å². The number of ether oxygens (including phenoxy) is 1. The molecule has 4 nitrogen and oxygen atoms in total. The Balaban J connectivity index is 1.63. The molecule has 1 saturated heterocycles. The van der Waals surface area contributed by atoms with Crippen LogP contribution in [0.3, 0.4) is 0 Å². The van der Waals surface area contributed by atoms with E-state index in [1.165, 1.54) is 0 Å². The Morgan fingerprint density at radius 3 is 2.62 bits per heavy atom. The van der Waals surface area contributed by atoms with E-state index in [-0.39, 0.29) is 11.9 Å². The Morgan fingerprint density at radius 2 is 1.88 bits per heavy atom. The number of amides is 1. The SMILES string of the molecule is C[C@H](NC(=O)c1cccc(CN2CCOCC2)c1)c1ccccc1. The summed E-state index contributed by atoms with van der Waals surface area (Å²) in [5, 5.41) is 3.07. The molecule has 1 aliphatic heterocycles. The molecule has 0 aromatic heterocycles. The zero-order valence-electron chi connectivity index (χ0n) is 14.1. The molecule has 0 radical (unpaired) electrons. The maximum atomic E-state index is 12.5. The van der Waals surface area contributed by atoms with E-state index in [0.717, 1.165) is 44.0 Å². The molecule has 1 heterocycles. The lowest BCUT2D eigenvalue weighted by Crippen LogP contribution is -2.35. The lowest BCUT2D eigenvalue weighted by Gasteiger charge is -2.26. The van der Waals surface area contributed by atoms with Gasteiger partial charge in [0.15, 0.2) is 0 Å². The summed E-state index contributed by atoms with van der Waals surface area (Å²) >= 11 is 0. The van der Waals surface area contributed by atoms with Gasteiger partial charge in [0.05, 0.1) is 19.3 Å². The predicted octanol–water partition coefficient (Wildman–Crippen LogP) is 3.01. The lowest BCUT2D eigenvalue weighted by molar-refractivity contribution is 0.0342. The summed E-state index contributed by atoms with van der Waals surface area (Å²) in [6, 6.07) is 17.9. The minimum Gasteiger partial charge on any atom is -0.379 e. The van der Waals surface area contributed by atoms with Gasteiger partial charge < -0.3 is 10.1 Å². The molecule has 1 atom stereocenters. The Morgan fingerprint density at radius 1 is 1.12 bits per heavy atom. The summed E-state index contributed by atoms with van der Waals surface area (Å²) in [6.07, 6.45) is 0. The fourth-order valence-corrected chi connectivity index (χ4v) is 2.93. The Bertz CT molecular complexity index is 666. The minimum absolute atomic E-state index is 0.0124. The van der Waals surface area contributed by atoms with E-state index in [4.69, 9.17) is 4.74 Å². The summed E-state index contributed by atoms with van der Waals surface area (Å²) in [6.45, 7) is 6.33. The summed E-state index contributed by atoms with van der Waals surface area (Å²) in [7, 11) is 0. The topological polar surface area (TPSA) is 41.6 Å². The van der Waals surface area contributed by atoms with E-state index >= 15 is 0 Å². The van der Waals surface area contributed by atoms with Gasteiger partial charge in [0.2, 0.25) is 0 Å². The second-order valence-electron chi connectivity index (χ2n) is 6.19. The molecule has 2 aromatic rings. The quantitative estimate of drug-likeness (QED) is 0.919. The van der Waals surface area contributed by atoms with E-state index in [0.29, 0.717) is 5.56 Å². The third-order valence-electron chi connectivity index (χ3n) is 4.35. The lowest BCUT2D eigenvalue weighted by atomic mass is 10.1. The molecule has 3 rings (SSSR count). The standard InChI is InChI=1S/C20H24N2O2/c1-16(18-7-3-2-4-8-18)21-20(23)19-9-5-6-17(14-19)15-22-10-12-24-13-11-22/h2-9,14,16H,10-13,15H2,1H3,(H,21,23)/t16-/m0/s1. The number of nitrogens with one attached hydrogen (secondary N) is 1. The smallest absolute Gasteiger partial charge is 0.251 e. The largest absolute Gasteiger partial charge is 0.379 e. The first-order chi connectivity index (χ1) is 11.7. The van der Waals surface area contributed by atoms with Crippen LogP contribution in [0.4, 0.5) is 0 Å². The highest BCUT2D eigenvalue weighted by molar-refractivity contribution is 5.94. The highest BCUT2D eigenvalue weighted by atomic mass is 16.5. The first-order valence-electron chi connectivity index (χ1n) is 8.47. The molecule has 0 bridgehead atoms. The zero-order valence-corrected chi connectivity index (χ0v) is 14.1. The van der Waals surface area contributed by atoms with Gasteiger partial charge in [0, 0.05) is 25.2 Å². The first-order valence-corrected chi connectivity index (χ1v) is 8.47. The molecule has 24 heavy (non-hydrogen) atoms. The second kappa shape index (κ2) is 8.08. The zero-order chi connectivity index (χ0) is 16.8. The number of hydrogen-bond acceptors (Lipinski definition) is 3. The number of rotatable bonds is 5. The number of benzene rings is 2. The molecule has 126 valence electrons. The maximum Gasteiger partial charge on any atom is 0.251 e. The molecule has 1 amide bonds. The summed E-state index contributed by atoms with van der Waals surface area (Å²) in [5.74, 6) is -0.0322. The van der Waals surface area contributed by atoms with Gasteiger partial charge in [-0.15, -0.1) is 0 Å². The van der Waals surface area contributed by atoms with Crippen LogP contribution >= 0.6 is 0 Å². The fourth-order valence-electron chi connectivity index (χ4n) is 2.93. The molecule has 0 aliphatic carbocycles. The fraction of sp³-hybridized carbons (Fsp3) is 0.350. The Labute approximate surface area is 143 Å². The molecular formula is C20H24N2O2. The number of morpholine rings is 1. The monoisotopic (exact) mass is 324 g/mol. The van der Waals surface area contributed by atoms with Crippen molar-refractivity contribution in [3.8, 4) is 0 Å². The van der Waals surface area contributed by atoms with Crippen molar-refractivity contribution in [3.63, 3.8) is 0 Å². The van der Waals surface area contributed by atoms with Crippen LogP contribution in [-0.2, 0) is 11.3 Å². The van der Waals surface area contributed by atoms with E-state index in [1.807, 2.05) is 55.5 Å². The summed E-state index contributed by atoms with van der Waals surface area (Å²) < 4.78 is 5.38. The van der Waals surface area contributed by atoms with Crippen LogP contribution in [0.15, 0.2) is 54.6 Å². The van der Waals surface area contributed by atoms with Gasteiger partial charge in [0.25, 0.3) is 5.91 Å². The first kappa shape index (κ1) is 16.7. The highest BCUT2D eigenvalue weighted by Gasteiger charge is 2.14. The molecule has 1 fully saturated rings. The maximum absolute atomic E-state index is 12.5. The summed E-state index contributed by atoms with van der Waals surface area (Å²) in [4.78, 5) is 14.9. The predicted molar refractivity (Wildman–Crippen MR) is 94.9 cm³/mol. The van der Waals surface area contributed by atoms with E-state index < -0.39 is 0 Å². The molecule has 2 aromatic carbocycles. The highest BCUT2D eigenvalue weighted by Crippen LogP contribution is 2.14. The molecular weight excluding hydrogens is 300 g/mol. The van der Waals surface area contributed by atoms with Gasteiger partial charge in [0.1, 0.15) is 0 Å². The number of nitrogens with zero attached hydrogens (tertiary/aromatic N) is 1. The van der Waals surface area contributed by atoms with Gasteiger partial charge >= 0.3 is 0 Å². The van der Waals surface area contributed by atoms with Crippen molar-refractivity contribution >= 4 is 5.91 Å². The molecule has 1 N–H and O–H groups in total. The van der Waals surface area contributed by atoms with Gasteiger partial charge in [-0.05, 0) is 30.2 Å². The molecule has 0 unspecified atom stereocenters. The normalized spacial score (nSPS) is 16.5. The van der Waals surface area contributed by atoms with Gasteiger partial charge in [-0.25, -0.2) is 0 Å². The summed E-state index contributed by atoms with van der Waals surface area (Å²) in [5.41, 5.74) is 2.98. The van der Waals surface area contributed by atoms with Crippen LogP contribution in [0.2, 0.25) is 0 Å². The van der Waals surface area contributed by atoms with Crippen molar-refractivity contribution < 1.29 is 9.53 Å². The van der Waals surface area contributed by atoms with Crippen LogP contribution in [0.1, 0.15) is 34.5 Å². The average Bonchev–Trinajstić information content (AvgIpc) is 2.63. The minimum atomic E-state index is -0.0322. The van der Waals surface area contributed by atoms with Gasteiger partial charge in [-0.1, -0.05) is 42.5 Å². The van der Waals surface area contributed by atoms with E-state index in [2.05, 4.69) is 16.3 Å². The molecule has 1 aliphatic rings. The average molecular weight is 324 g/mol. The third kappa shape index (κ3) is 4.43. The Kier molecular flexibility index (Phi) is 5.62.